The molecule has 0 aliphatic carbocycles. The van der Waals surface area contributed by atoms with Crippen LogP contribution in [0.3, 0.4) is 0 Å². The Morgan fingerprint density at radius 1 is 1.21 bits per heavy atom. The molecule has 0 N–H and O–H groups in total. The van der Waals surface area contributed by atoms with Crippen LogP contribution in [-0.2, 0) is 17.6 Å². The van der Waals surface area contributed by atoms with Crippen molar-refractivity contribution in [2.24, 2.45) is 0 Å². The van der Waals surface area contributed by atoms with E-state index in [1.165, 1.54) is 11.0 Å². The molecular weight excluding hydrogens is 388 g/mol. The van der Waals surface area contributed by atoms with E-state index < -0.39 is 11.6 Å². The van der Waals surface area contributed by atoms with Crippen molar-refractivity contribution < 1.29 is 18.1 Å². The van der Waals surface area contributed by atoms with Gasteiger partial charge < -0.3 is 9.42 Å². The van der Waals surface area contributed by atoms with E-state index in [0.29, 0.717) is 53.8 Å². The van der Waals surface area contributed by atoms with Crippen molar-refractivity contribution in [3.05, 3.63) is 64.5 Å². The van der Waals surface area contributed by atoms with Crippen LogP contribution in [0, 0.1) is 11.6 Å². The molecule has 8 heteroatoms. The highest BCUT2D eigenvalue weighted by Crippen LogP contribution is 2.31. The molecule has 5 nitrogen and oxygen atoms in total. The molecular formula is C20H16ClF2N3O2. The minimum absolute atomic E-state index is 0.179. The lowest BCUT2D eigenvalue weighted by Gasteiger charge is -2.17. The zero-order valence-electron chi connectivity index (χ0n) is 14.8. The smallest absolute Gasteiger partial charge is 0.227 e. The number of carbonyl (C=O) groups is 1. The Balaban J connectivity index is 1.35. The van der Waals surface area contributed by atoms with Gasteiger partial charge in [-0.3, -0.25) is 4.79 Å². The zero-order chi connectivity index (χ0) is 19.7. The predicted molar refractivity (Wildman–Crippen MR) is 100 cm³/mol. The first-order chi connectivity index (χ1) is 13.5. The molecule has 2 aromatic carbocycles. The Kier molecular flexibility index (Phi) is 5.09. The normalized spacial score (nSPS) is 13.0. The summed E-state index contributed by atoms with van der Waals surface area (Å²) in [5.74, 6) is -0.585. The van der Waals surface area contributed by atoms with Crippen LogP contribution in [0.15, 0.2) is 40.9 Å². The SMILES string of the molecule is O=C(CCCc1nc(-c2ccc(Cl)cc2)no1)N1CCc2c(F)cc(F)cc21. The first kappa shape index (κ1) is 18.6. The van der Waals surface area contributed by atoms with Gasteiger partial charge in [-0.1, -0.05) is 16.8 Å². The fraction of sp³-hybridized carbons (Fsp3) is 0.250. The van der Waals surface area contributed by atoms with Crippen molar-refractivity contribution in [2.45, 2.75) is 25.7 Å². The summed E-state index contributed by atoms with van der Waals surface area (Å²) in [7, 11) is 0. The van der Waals surface area contributed by atoms with Gasteiger partial charge in [0.1, 0.15) is 11.6 Å². The third kappa shape index (κ3) is 3.75. The van der Waals surface area contributed by atoms with E-state index >= 15 is 0 Å². The minimum Gasteiger partial charge on any atom is -0.339 e. The molecule has 4 rings (SSSR count). The maximum absolute atomic E-state index is 13.8. The number of hydrogen-bond acceptors (Lipinski definition) is 4. The number of amides is 1. The van der Waals surface area contributed by atoms with Crippen LogP contribution in [0.5, 0.6) is 0 Å². The predicted octanol–water partition coefficient (Wildman–Crippen LogP) is 4.58. The number of aromatic nitrogens is 2. The highest BCUT2D eigenvalue weighted by atomic mass is 35.5. The fourth-order valence-corrected chi connectivity index (χ4v) is 3.41. The Labute approximate surface area is 164 Å². The lowest BCUT2D eigenvalue weighted by atomic mass is 10.1. The van der Waals surface area contributed by atoms with E-state index in [0.717, 1.165) is 11.6 Å². The van der Waals surface area contributed by atoms with Gasteiger partial charge in [0, 0.05) is 41.6 Å². The van der Waals surface area contributed by atoms with Gasteiger partial charge in [0.2, 0.25) is 17.6 Å². The second-order valence-corrected chi connectivity index (χ2v) is 6.99. The molecule has 1 aromatic heterocycles. The van der Waals surface area contributed by atoms with Gasteiger partial charge in [-0.15, -0.1) is 0 Å². The standard InChI is InChI=1S/C20H16ClF2N3O2/c21-13-6-4-12(5-7-13)20-24-18(28-25-20)2-1-3-19(27)26-9-8-15-16(23)10-14(22)11-17(15)26/h4-7,10-11H,1-3,8-9H2. The summed E-state index contributed by atoms with van der Waals surface area (Å²) < 4.78 is 32.5. The van der Waals surface area contributed by atoms with E-state index in [-0.39, 0.29) is 12.3 Å². The van der Waals surface area contributed by atoms with Gasteiger partial charge in [0.05, 0.1) is 5.69 Å². The molecule has 0 radical (unpaired) electrons. The lowest BCUT2D eigenvalue weighted by molar-refractivity contribution is -0.118. The number of benzene rings is 2. The van der Waals surface area contributed by atoms with Crippen LogP contribution in [0.1, 0.15) is 24.3 Å². The van der Waals surface area contributed by atoms with Gasteiger partial charge in [0.15, 0.2) is 0 Å². The Bertz CT molecular complexity index is 1020. The molecule has 0 saturated heterocycles. The lowest BCUT2D eigenvalue weighted by Crippen LogP contribution is -2.28. The van der Waals surface area contributed by atoms with E-state index in [2.05, 4.69) is 10.1 Å². The Hall–Kier alpha value is -2.80. The number of nitrogens with zero attached hydrogens (tertiary/aromatic N) is 3. The number of carbonyl (C=O) groups excluding carboxylic acids is 1. The molecule has 3 aromatic rings. The molecule has 0 atom stereocenters. The molecule has 0 unspecified atom stereocenters. The molecule has 1 aliphatic rings. The van der Waals surface area contributed by atoms with Gasteiger partial charge in [-0.25, -0.2) is 8.78 Å². The molecule has 1 aliphatic heterocycles. The monoisotopic (exact) mass is 403 g/mol. The highest BCUT2D eigenvalue weighted by molar-refractivity contribution is 6.30. The van der Waals surface area contributed by atoms with Crippen LogP contribution < -0.4 is 4.90 Å². The van der Waals surface area contributed by atoms with Gasteiger partial charge >= 0.3 is 0 Å². The molecule has 0 saturated carbocycles. The maximum Gasteiger partial charge on any atom is 0.227 e. The van der Waals surface area contributed by atoms with Gasteiger partial charge in [-0.05, 0) is 43.2 Å². The van der Waals surface area contributed by atoms with Crippen LogP contribution in [0.4, 0.5) is 14.5 Å². The van der Waals surface area contributed by atoms with Gasteiger partial charge in [0.25, 0.3) is 0 Å². The quantitative estimate of drug-likeness (QED) is 0.625. The van der Waals surface area contributed by atoms with Crippen molar-refractivity contribution >= 4 is 23.2 Å². The number of halogens is 3. The fourth-order valence-electron chi connectivity index (χ4n) is 3.28. The average molecular weight is 404 g/mol. The van der Waals surface area contributed by atoms with Crippen molar-refractivity contribution in [1.82, 2.24) is 10.1 Å². The molecule has 0 bridgehead atoms. The number of anilines is 1. The molecule has 0 spiro atoms. The van der Waals surface area contributed by atoms with Crippen molar-refractivity contribution in [3.8, 4) is 11.4 Å². The summed E-state index contributed by atoms with van der Waals surface area (Å²) >= 11 is 5.86. The zero-order valence-corrected chi connectivity index (χ0v) is 15.5. The van der Waals surface area contributed by atoms with Crippen LogP contribution >= 0.6 is 11.6 Å². The first-order valence-electron chi connectivity index (χ1n) is 8.88. The van der Waals surface area contributed by atoms with E-state index in [1.54, 1.807) is 24.3 Å². The molecule has 0 fully saturated rings. The molecule has 1 amide bonds. The number of hydrogen-bond donors (Lipinski definition) is 0. The second kappa shape index (κ2) is 7.67. The third-order valence-corrected chi connectivity index (χ3v) is 4.92. The molecule has 144 valence electrons. The van der Waals surface area contributed by atoms with Crippen LogP contribution in [0.25, 0.3) is 11.4 Å². The summed E-state index contributed by atoms with van der Waals surface area (Å²) in [5.41, 5.74) is 1.50. The van der Waals surface area contributed by atoms with Crippen molar-refractivity contribution in [2.75, 3.05) is 11.4 Å². The average Bonchev–Trinajstić information content (AvgIpc) is 3.29. The highest BCUT2D eigenvalue weighted by Gasteiger charge is 2.27. The minimum atomic E-state index is -0.684. The van der Waals surface area contributed by atoms with E-state index in [1.807, 2.05) is 0 Å². The maximum atomic E-state index is 13.8. The van der Waals surface area contributed by atoms with Crippen LogP contribution in [-0.4, -0.2) is 22.6 Å². The topological polar surface area (TPSA) is 59.2 Å². The van der Waals surface area contributed by atoms with Crippen molar-refractivity contribution in [1.29, 1.82) is 0 Å². The summed E-state index contributed by atoms with van der Waals surface area (Å²) in [6, 6.07) is 9.13. The second-order valence-electron chi connectivity index (χ2n) is 6.55. The van der Waals surface area contributed by atoms with E-state index in [4.69, 9.17) is 16.1 Å². The molecule has 28 heavy (non-hydrogen) atoms. The largest absolute Gasteiger partial charge is 0.339 e. The van der Waals surface area contributed by atoms with E-state index in [9.17, 15) is 13.6 Å². The van der Waals surface area contributed by atoms with Crippen molar-refractivity contribution in [3.63, 3.8) is 0 Å². The van der Waals surface area contributed by atoms with Gasteiger partial charge in [-0.2, -0.15) is 4.98 Å². The third-order valence-electron chi connectivity index (χ3n) is 4.67. The molecule has 2 heterocycles. The first-order valence-corrected chi connectivity index (χ1v) is 9.26. The van der Waals surface area contributed by atoms with Crippen LogP contribution in [0.2, 0.25) is 5.02 Å². The Morgan fingerprint density at radius 2 is 2.00 bits per heavy atom. The number of rotatable bonds is 5. The number of aryl methyl sites for hydroxylation is 1. The summed E-state index contributed by atoms with van der Waals surface area (Å²) in [6.45, 7) is 0.357. The number of fused-ring (bicyclic) bond motifs is 1. The Morgan fingerprint density at radius 3 is 2.79 bits per heavy atom. The summed E-state index contributed by atoms with van der Waals surface area (Å²) in [4.78, 5) is 18.2. The summed E-state index contributed by atoms with van der Waals surface area (Å²) in [6.07, 6.45) is 1.53. The summed E-state index contributed by atoms with van der Waals surface area (Å²) in [5, 5.41) is 4.55.